The maximum atomic E-state index is 12.5. The van der Waals surface area contributed by atoms with Crippen molar-refractivity contribution < 1.29 is 4.79 Å². The molecule has 162 valence electrons. The Bertz CT molecular complexity index is 1090. The Labute approximate surface area is 182 Å². The highest BCUT2D eigenvalue weighted by Crippen LogP contribution is 2.40. The molecular formula is C23H29N7O. The molecule has 2 aliphatic rings. The zero-order chi connectivity index (χ0) is 21.6. The number of aromatic nitrogens is 4. The number of carbonyl (C=O) groups excluding carboxylic acids is 1. The monoisotopic (exact) mass is 419 g/mol. The van der Waals surface area contributed by atoms with Crippen LogP contribution in [-0.2, 0) is 0 Å². The van der Waals surface area contributed by atoms with Crippen molar-refractivity contribution in [2.75, 3.05) is 31.1 Å². The summed E-state index contributed by atoms with van der Waals surface area (Å²) in [5, 5.41) is 8.65. The average Bonchev–Trinajstić information content (AvgIpc) is 3.52. The Morgan fingerprint density at radius 1 is 1.03 bits per heavy atom. The van der Waals surface area contributed by atoms with Crippen LogP contribution in [0, 0.1) is 0 Å². The standard InChI is InChI=1S/C23H29N7O/c1-23(2,3)27-22(31)29-13-11-28(12-14-29)20-18-15-24-30(17-7-5-4-6-8-17)21(18)26-19(25-20)16-9-10-16/h4-8,15-16H,9-14H2,1-3H3,(H,27,31). The van der Waals surface area contributed by atoms with Gasteiger partial charge in [0.15, 0.2) is 5.65 Å². The molecule has 2 amide bonds. The van der Waals surface area contributed by atoms with Crippen LogP contribution in [0.1, 0.15) is 45.4 Å². The molecule has 1 N–H and O–H groups in total. The summed E-state index contributed by atoms with van der Waals surface area (Å²) in [6.45, 7) is 8.82. The summed E-state index contributed by atoms with van der Waals surface area (Å²) in [6, 6.07) is 10.1. The van der Waals surface area contributed by atoms with Gasteiger partial charge in [-0.15, -0.1) is 0 Å². The highest BCUT2D eigenvalue weighted by molar-refractivity contribution is 5.88. The normalized spacial score (nSPS) is 17.3. The van der Waals surface area contributed by atoms with E-state index in [1.165, 1.54) is 0 Å². The van der Waals surface area contributed by atoms with Crippen LogP contribution in [-0.4, -0.2) is 62.4 Å². The Morgan fingerprint density at radius 3 is 2.39 bits per heavy atom. The third kappa shape index (κ3) is 4.06. The average molecular weight is 420 g/mol. The first-order valence-corrected chi connectivity index (χ1v) is 11.0. The molecule has 31 heavy (non-hydrogen) atoms. The molecule has 8 nitrogen and oxygen atoms in total. The van der Waals surface area contributed by atoms with Crippen LogP contribution in [0.4, 0.5) is 10.6 Å². The molecule has 0 spiro atoms. The van der Waals surface area contributed by atoms with Crippen molar-refractivity contribution in [2.45, 2.75) is 45.1 Å². The van der Waals surface area contributed by atoms with Crippen molar-refractivity contribution in [1.29, 1.82) is 0 Å². The first kappa shape index (κ1) is 19.8. The molecular weight excluding hydrogens is 390 g/mol. The van der Waals surface area contributed by atoms with Crippen LogP contribution in [0.15, 0.2) is 36.5 Å². The molecule has 3 heterocycles. The van der Waals surface area contributed by atoms with E-state index in [-0.39, 0.29) is 11.6 Å². The first-order valence-electron chi connectivity index (χ1n) is 11.0. The largest absolute Gasteiger partial charge is 0.352 e. The topological polar surface area (TPSA) is 79.2 Å². The van der Waals surface area contributed by atoms with E-state index in [0.717, 1.165) is 54.3 Å². The molecule has 2 aromatic heterocycles. The SMILES string of the molecule is CC(C)(C)NC(=O)N1CCN(c2nc(C3CC3)nc3c2cnn3-c2ccccc2)CC1. The summed E-state index contributed by atoms with van der Waals surface area (Å²) in [4.78, 5) is 26.6. The number of fused-ring (bicyclic) bond motifs is 1. The van der Waals surface area contributed by atoms with Gasteiger partial charge in [0.2, 0.25) is 0 Å². The number of hydrogen-bond acceptors (Lipinski definition) is 5. The Morgan fingerprint density at radius 2 is 1.74 bits per heavy atom. The van der Waals surface area contributed by atoms with Crippen molar-refractivity contribution in [2.24, 2.45) is 0 Å². The lowest BCUT2D eigenvalue weighted by Gasteiger charge is -2.37. The zero-order valence-corrected chi connectivity index (χ0v) is 18.4. The molecule has 0 bridgehead atoms. The number of anilines is 1. The summed E-state index contributed by atoms with van der Waals surface area (Å²) < 4.78 is 1.90. The number of nitrogens with one attached hydrogen (secondary N) is 1. The number of nitrogens with zero attached hydrogens (tertiary/aromatic N) is 6. The molecule has 1 saturated heterocycles. The molecule has 1 aliphatic heterocycles. The summed E-state index contributed by atoms with van der Waals surface area (Å²) in [6.07, 6.45) is 4.16. The second-order valence-corrected chi connectivity index (χ2v) is 9.46. The molecule has 2 fully saturated rings. The number of hydrogen-bond donors (Lipinski definition) is 1. The maximum absolute atomic E-state index is 12.5. The molecule has 8 heteroatoms. The van der Waals surface area contributed by atoms with Gasteiger partial charge in [-0.2, -0.15) is 5.10 Å². The van der Waals surface area contributed by atoms with Gasteiger partial charge in [-0.1, -0.05) is 18.2 Å². The quantitative estimate of drug-likeness (QED) is 0.705. The second kappa shape index (κ2) is 7.51. The zero-order valence-electron chi connectivity index (χ0n) is 18.4. The van der Waals surface area contributed by atoms with Crippen LogP contribution >= 0.6 is 0 Å². The van der Waals surface area contributed by atoms with Crippen molar-refractivity contribution in [3.05, 3.63) is 42.4 Å². The van der Waals surface area contributed by atoms with Crippen molar-refractivity contribution >= 4 is 22.9 Å². The van der Waals surface area contributed by atoms with E-state index >= 15 is 0 Å². The minimum atomic E-state index is -0.238. The van der Waals surface area contributed by atoms with Gasteiger partial charge >= 0.3 is 6.03 Å². The van der Waals surface area contributed by atoms with E-state index in [4.69, 9.17) is 9.97 Å². The van der Waals surface area contributed by atoms with Gasteiger partial charge in [0.05, 0.1) is 17.3 Å². The van der Waals surface area contributed by atoms with Gasteiger partial charge in [0, 0.05) is 37.6 Å². The fraction of sp³-hybridized carbons (Fsp3) is 0.478. The molecule has 5 rings (SSSR count). The van der Waals surface area contributed by atoms with Crippen molar-refractivity contribution in [3.63, 3.8) is 0 Å². The predicted octanol–water partition coefficient (Wildman–Crippen LogP) is 3.32. The van der Waals surface area contributed by atoms with Gasteiger partial charge in [-0.05, 0) is 45.7 Å². The fourth-order valence-electron chi connectivity index (χ4n) is 3.95. The number of urea groups is 1. The van der Waals surface area contributed by atoms with Gasteiger partial charge in [-0.3, -0.25) is 0 Å². The Kier molecular flexibility index (Phi) is 4.79. The van der Waals surface area contributed by atoms with Crippen LogP contribution in [0.5, 0.6) is 0 Å². The lowest BCUT2D eigenvalue weighted by Crippen LogP contribution is -2.55. The molecule has 0 atom stereocenters. The highest BCUT2D eigenvalue weighted by atomic mass is 16.2. The van der Waals surface area contributed by atoms with E-state index in [9.17, 15) is 4.79 Å². The van der Waals surface area contributed by atoms with E-state index in [0.29, 0.717) is 19.0 Å². The van der Waals surface area contributed by atoms with Crippen LogP contribution < -0.4 is 10.2 Å². The predicted molar refractivity (Wildman–Crippen MR) is 121 cm³/mol. The minimum absolute atomic E-state index is 0.00412. The Balaban J connectivity index is 1.44. The summed E-state index contributed by atoms with van der Waals surface area (Å²) >= 11 is 0. The molecule has 0 radical (unpaired) electrons. The Hall–Kier alpha value is -3.16. The van der Waals surface area contributed by atoms with Crippen molar-refractivity contribution in [3.8, 4) is 5.69 Å². The second-order valence-electron chi connectivity index (χ2n) is 9.46. The summed E-state index contributed by atoms with van der Waals surface area (Å²) in [5.41, 5.74) is 1.61. The van der Waals surface area contributed by atoms with Crippen molar-refractivity contribution in [1.82, 2.24) is 30.0 Å². The summed E-state index contributed by atoms with van der Waals surface area (Å²) in [5.74, 6) is 2.29. The number of benzene rings is 1. The van der Waals surface area contributed by atoms with E-state index in [2.05, 4.69) is 15.3 Å². The minimum Gasteiger partial charge on any atom is -0.352 e. The summed E-state index contributed by atoms with van der Waals surface area (Å²) in [7, 11) is 0. The molecule has 1 saturated carbocycles. The van der Waals surface area contributed by atoms with Gasteiger partial charge in [0.25, 0.3) is 0 Å². The third-order valence-corrected chi connectivity index (χ3v) is 5.72. The fourth-order valence-corrected chi connectivity index (χ4v) is 3.95. The van der Waals surface area contributed by atoms with Crippen LogP contribution in [0.2, 0.25) is 0 Å². The molecule has 1 aliphatic carbocycles. The van der Waals surface area contributed by atoms with Gasteiger partial charge in [-0.25, -0.2) is 19.4 Å². The number of carbonyl (C=O) groups is 1. The van der Waals surface area contributed by atoms with Gasteiger partial charge in [0.1, 0.15) is 11.6 Å². The van der Waals surface area contributed by atoms with E-state index < -0.39 is 0 Å². The lowest BCUT2D eigenvalue weighted by molar-refractivity contribution is 0.185. The number of rotatable bonds is 3. The van der Waals surface area contributed by atoms with Crippen LogP contribution in [0.25, 0.3) is 16.7 Å². The van der Waals surface area contributed by atoms with Gasteiger partial charge < -0.3 is 15.1 Å². The molecule has 3 aromatic rings. The smallest absolute Gasteiger partial charge is 0.317 e. The molecule has 0 unspecified atom stereocenters. The first-order chi connectivity index (χ1) is 14.9. The molecule has 1 aromatic carbocycles. The van der Waals surface area contributed by atoms with E-state index in [1.54, 1.807) is 0 Å². The lowest BCUT2D eigenvalue weighted by atomic mass is 10.1. The number of amides is 2. The maximum Gasteiger partial charge on any atom is 0.317 e. The number of piperazine rings is 1. The highest BCUT2D eigenvalue weighted by Gasteiger charge is 2.31. The third-order valence-electron chi connectivity index (χ3n) is 5.72. The number of para-hydroxylation sites is 1. The van der Waals surface area contributed by atoms with E-state index in [1.807, 2.05) is 66.9 Å². The van der Waals surface area contributed by atoms with Crippen LogP contribution in [0.3, 0.4) is 0 Å².